The van der Waals surface area contributed by atoms with Gasteiger partial charge in [0.15, 0.2) is 5.69 Å². The second-order valence-electron chi connectivity index (χ2n) is 3.96. The molecular weight excluding hydrogens is 264 g/mol. The van der Waals surface area contributed by atoms with Gasteiger partial charge in [0.25, 0.3) is 11.1 Å². The first-order chi connectivity index (χ1) is 9.22. The van der Waals surface area contributed by atoms with Gasteiger partial charge in [-0.05, 0) is 25.1 Å². The number of nitrogens with zero attached hydrogens (tertiary/aromatic N) is 4. The Bertz CT molecular complexity index is 701. The van der Waals surface area contributed by atoms with Crippen molar-refractivity contribution < 1.29 is 9.21 Å². The molecule has 0 N–H and O–H groups in total. The van der Waals surface area contributed by atoms with Gasteiger partial charge in [-0.2, -0.15) is 5.10 Å². The predicted molar refractivity (Wildman–Crippen MR) is 69.9 cm³/mol. The molecule has 0 spiro atoms. The van der Waals surface area contributed by atoms with Crippen molar-refractivity contribution in [3.8, 4) is 11.6 Å². The van der Waals surface area contributed by atoms with E-state index in [1.807, 2.05) is 30.5 Å². The van der Waals surface area contributed by atoms with Crippen LogP contribution in [0.5, 0.6) is 0 Å². The first-order valence-electron chi connectivity index (χ1n) is 5.63. The molecule has 7 heteroatoms. The lowest BCUT2D eigenvalue weighted by Gasteiger charge is -1.89. The van der Waals surface area contributed by atoms with Crippen LogP contribution in [0, 0.1) is 0 Å². The zero-order valence-corrected chi connectivity index (χ0v) is 10.9. The van der Waals surface area contributed by atoms with Crippen LogP contribution >= 0.6 is 11.8 Å². The summed E-state index contributed by atoms with van der Waals surface area (Å²) in [4.78, 5) is 10.9. The van der Waals surface area contributed by atoms with E-state index in [2.05, 4.69) is 15.3 Å². The Balaban J connectivity index is 1.87. The number of hydrogen-bond acceptors (Lipinski definition) is 6. The molecule has 3 heterocycles. The van der Waals surface area contributed by atoms with Crippen molar-refractivity contribution in [1.29, 1.82) is 0 Å². The van der Waals surface area contributed by atoms with E-state index in [0.717, 1.165) is 5.52 Å². The molecule has 0 amide bonds. The third-order valence-electron chi connectivity index (χ3n) is 2.39. The van der Waals surface area contributed by atoms with Crippen LogP contribution in [0.2, 0.25) is 0 Å². The lowest BCUT2D eigenvalue weighted by Crippen LogP contribution is -1.92. The second kappa shape index (κ2) is 4.85. The minimum atomic E-state index is 0.0671. The van der Waals surface area contributed by atoms with Crippen molar-refractivity contribution in [1.82, 2.24) is 19.8 Å². The van der Waals surface area contributed by atoms with Crippen molar-refractivity contribution in [2.24, 2.45) is 0 Å². The Morgan fingerprint density at radius 2 is 2.32 bits per heavy atom. The highest BCUT2D eigenvalue weighted by molar-refractivity contribution is 7.99. The molecule has 0 radical (unpaired) electrons. The second-order valence-corrected chi connectivity index (χ2v) is 4.89. The zero-order chi connectivity index (χ0) is 13.2. The zero-order valence-electron chi connectivity index (χ0n) is 10.1. The summed E-state index contributed by atoms with van der Waals surface area (Å²) in [6.45, 7) is 1.52. The molecule has 0 aromatic carbocycles. The fraction of sp³-hybridized carbons (Fsp3) is 0.167. The van der Waals surface area contributed by atoms with Gasteiger partial charge in [0, 0.05) is 6.20 Å². The van der Waals surface area contributed by atoms with Crippen LogP contribution in [-0.2, 0) is 4.79 Å². The fourth-order valence-corrected chi connectivity index (χ4v) is 2.14. The van der Waals surface area contributed by atoms with Gasteiger partial charge in [-0.1, -0.05) is 17.8 Å². The first-order valence-corrected chi connectivity index (χ1v) is 6.61. The van der Waals surface area contributed by atoms with Crippen molar-refractivity contribution >= 4 is 23.1 Å². The average Bonchev–Trinajstić information content (AvgIpc) is 3.02. The predicted octanol–water partition coefficient (Wildman–Crippen LogP) is 2.07. The van der Waals surface area contributed by atoms with Gasteiger partial charge in [-0.3, -0.25) is 4.79 Å². The van der Waals surface area contributed by atoms with Crippen LogP contribution < -0.4 is 0 Å². The monoisotopic (exact) mass is 274 g/mol. The van der Waals surface area contributed by atoms with Crippen molar-refractivity contribution in [3.05, 3.63) is 30.5 Å². The number of Topliss-reactive ketones (excluding diaryl/α,β-unsaturated/α-hetero) is 1. The highest BCUT2D eigenvalue weighted by atomic mass is 32.2. The quantitative estimate of drug-likeness (QED) is 0.678. The lowest BCUT2D eigenvalue weighted by atomic mass is 10.3. The number of aromatic nitrogens is 4. The largest absolute Gasteiger partial charge is 0.410 e. The summed E-state index contributed by atoms with van der Waals surface area (Å²) in [5.74, 6) is 0.750. The van der Waals surface area contributed by atoms with E-state index in [9.17, 15) is 4.79 Å². The normalized spacial score (nSPS) is 11.0. The maximum Gasteiger partial charge on any atom is 0.277 e. The van der Waals surface area contributed by atoms with Crippen LogP contribution in [0.15, 0.2) is 40.1 Å². The molecule has 0 aliphatic rings. The van der Waals surface area contributed by atoms with E-state index < -0.39 is 0 Å². The van der Waals surface area contributed by atoms with Gasteiger partial charge in [-0.25, -0.2) is 4.52 Å². The molecule has 0 aliphatic heterocycles. The topological polar surface area (TPSA) is 73.3 Å². The van der Waals surface area contributed by atoms with Crippen LogP contribution in [0.25, 0.3) is 17.1 Å². The molecule has 19 heavy (non-hydrogen) atoms. The summed E-state index contributed by atoms with van der Waals surface area (Å²) in [5.41, 5.74) is 1.57. The summed E-state index contributed by atoms with van der Waals surface area (Å²) in [7, 11) is 0. The van der Waals surface area contributed by atoms with E-state index in [1.54, 1.807) is 4.52 Å². The summed E-state index contributed by atoms with van der Waals surface area (Å²) in [6.07, 6.45) is 1.85. The van der Waals surface area contributed by atoms with Gasteiger partial charge in [0.1, 0.15) is 5.78 Å². The summed E-state index contributed by atoms with van der Waals surface area (Å²) >= 11 is 1.23. The average molecular weight is 274 g/mol. The molecule has 0 atom stereocenters. The Labute approximate surface area is 112 Å². The smallest absolute Gasteiger partial charge is 0.277 e. The third kappa shape index (κ3) is 2.50. The van der Waals surface area contributed by atoms with E-state index in [-0.39, 0.29) is 5.78 Å². The standard InChI is InChI=1S/C12H10N4O2S/c1-8(17)7-19-12-14-13-11(18-12)10-6-9-4-2-3-5-16(9)15-10/h2-6H,7H2,1H3. The Hall–Kier alpha value is -2.15. The number of hydrogen-bond donors (Lipinski definition) is 0. The maximum atomic E-state index is 10.9. The third-order valence-corrected chi connectivity index (χ3v) is 3.36. The minimum Gasteiger partial charge on any atom is -0.410 e. The number of fused-ring (bicyclic) bond motifs is 1. The highest BCUT2D eigenvalue weighted by Crippen LogP contribution is 2.23. The molecule has 3 aromatic rings. The SMILES string of the molecule is CC(=O)CSc1nnc(-c2cc3ccccn3n2)o1. The van der Waals surface area contributed by atoms with Gasteiger partial charge in [-0.15, -0.1) is 10.2 Å². The molecule has 0 fully saturated rings. The molecule has 0 saturated heterocycles. The Kier molecular flexibility index (Phi) is 3.04. The van der Waals surface area contributed by atoms with E-state index in [0.29, 0.717) is 22.6 Å². The van der Waals surface area contributed by atoms with E-state index >= 15 is 0 Å². The van der Waals surface area contributed by atoms with Gasteiger partial charge in [0.05, 0.1) is 11.3 Å². The molecular formula is C12H10N4O2S. The van der Waals surface area contributed by atoms with Crippen molar-refractivity contribution in [2.45, 2.75) is 12.1 Å². The fourth-order valence-electron chi connectivity index (χ4n) is 1.58. The number of pyridine rings is 1. The maximum absolute atomic E-state index is 10.9. The molecule has 0 bridgehead atoms. The number of carbonyl (C=O) groups is 1. The minimum absolute atomic E-state index is 0.0671. The van der Waals surface area contributed by atoms with Crippen LogP contribution in [-0.4, -0.2) is 31.3 Å². The Morgan fingerprint density at radius 3 is 3.11 bits per heavy atom. The number of rotatable bonds is 4. The summed E-state index contributed by atoms with van der Waals surface area (Å²) in [5, 5.41) is 12.5. The van der Waals surface area contributed by atoms with E-state index in [4.69, 9.17) is 4.42 Å². The number of carbonyl (C=O) groups excluding carboxylic acids is 1. The molecule has 3 rings (SSSR count). The molecule has 0 saturated carbocycles. The van der Waals surface area contributed by atoms with Crippen LogP contribution in [0.3, 0.4) is 0 Å². The molecule has 0 unspecified atom stereocenters. The van der Waals surface area contributed by atoms with Crippen LogP contribution in [0.4, 0.5) is 0 Å². The van der Waals surface area contributed by atoms with Crippen molar-refractivity contribution in [2.75, 3.05) is 5.75 Å². The van der Waals surface area contributed by atoms with Gasteiger partial charge < -0.3 is 4.42 Å². The summed E-state index contributed by atoms with van der Waals surface area (Å²) < 4.78 is 7.20. The molecule has 96 valence electrons. The van der Waals surface area contributed by atoms with E-state index in [1.165, 1.54) is 18.7 Å². The number of thioether (sulfide) groups is 1. The molecule has 6 nitrogen and oxygen atoms in total. The lowest BCUT2D eigenvalue weighted by molar-refractivity contribution is -0.114. The number of ketones is 1. The van der Waals surface area contributed by atoms with Gasteiger partial charge in [0.2, 0.25) is 0 Å². The van der Waals surface area contributed by atoms with Crippen molar-refractivity contribution in [3.63, 3.8) is 0 Å². The molecule has 0 aliphatic carbocycles. The van der Waals surface area contributed by atoms with Crippen LogP contribution in [0.1, 0.15) is 6.92 Å². The summed E-state index contributed by atoms with van der Waals surface area (Å²) in [6, 6.07) is 7.64. The Morgan fingerprint density at radius 1 is 1.42 bits per heavy atom. The first kappa shape index (κ1) is 11.9. The molecule has 3 aromatic heterocycles. The highest BCUT2D eigenvalue weighted by Gasteiger charge is 2.13. The van der Waals surface area contributed by atoms with Gasteiger partial charge >= 0.3 is 0 Å².